The van der Waals surface area contributed by atoms with Crippen LogP contribution in [-0.4, -0.2) is 72.4 Å². The quantitative estimate of drug-likeness (QED) is 0.0501. The van der Waals surface area contributed by atoms with Gasteiger partial charge < -0.3 is 15.7 Å². The zero-order chi connectivity index (χ0) is 41.2. The average Bonchev–Trinajstić information content (AvgIpc) is 3.19. The number of azo groups is 2. The normalized spacial score (nSPS) is 11.8. The minimum absolute atomic E-state index is 0. The molecule has 0 aliphatic rings. The van der Waals surface area contributed by atoms with E-state index < -0.39 is 31.0 Å². The molecule has 0 unspecified atom stereocenters. The van der Waals surface area contributed by atoms with Crippen LogP contribution in [0.1, 0.15) is 26.3 Å². The van der Waals surface area contributed by atoms with Crippen molar-refractivity contribution in [1.29, 1.82) is 0 Å². The van der Waals surface area contributed by atoms with Crippen molar-refractivity contribution in [3.63, 3.8) is 0 Å². The fourth-order valence-corrected chi connectivity index (χ4v) is 6.96. The summed E-state index contributed by atoms with van der Waals surface area (Å²) in [6.45, 7) is 1.77. The van der Waals surface area contributed by atoms with Gasteiger partial charge in [-0.2, -0.15) is 32.2 Å². The van der Waals surface area contributed by atoms with E-state index >= 15 is 0 Å². The molecule has 292 valence electrons. The summed E-state index contributed by atoms with van der Waals surface area (Å²) in [5.74, 6) is -1.10. The Balaban J connectivity index is 0.00000585. The molecule has 0 fully saturated rings. The molecule has 0 heterocycles. The molecule has 7 rings (SSSR count). The van der Waals surface area contributed by atoms with Gasteiger partial charge in [0.25, 0.3) is 32.1 Å². The zero-order valence-corrected chi connectivity index (χ0v) is 31.7. The third kappa shape index (κ3) is 9.93. The summed E-state index contributed by atoms with van der Waals surface area (Å²) in [5.41, 5.74) is 3.72. The Labute approximate surface area is 359 Å². The van der Waals surface area contributed by atoms with Gasteiger partial charge in [-0.1, -0.05) is 24.3 Å². The van der Waals surface area contributed by atoms with Crippen molar-refractivity contribution in [2.75, 3.05) is 10.6 Å². The fourth-order valence-electron chi connectivity index (χ4n) is 5.92. The molecule has 7 aromatic carbocycles. The predicted molar refractivity (Wildman–Crippen MR) is 225 cm³/mol. The van der Waals surface area contributed by atoms with Gasteiger partial charge in [0, 0.05) is 44.7 Å². The van der Waals surface area contributed by atoms with Crippen molar-refractivity contribution < 1.29 is 40.6 Å². The molecule has 0 saturated heterocycles. The van der Waals surface area contributed by atoms with E-state index in [2.05, 4.69) is 31.1 Å². The molecule has 15 nitrogen and oxygen atoms in total. The van der Waals surface area contributed by atoms with E-state index in [0.29, 0.717) is 55.7 Å². The first-order chi connectivity index (χ1) is 27.6. The van der Waals surface area contributed by atoms with Crippen LogP contribution >= 0.6 is 0 Å². The first-order valence-electron chi connectivity index (χ1n) is 17.1. The van der Waals surface area contributed by atoms with Crippen molar-refractivity contribution in [3.05, 3.63) is 150 Å². The molecular formula is C41H31N6NaO9S2. The van der Waals surface area contributed by atoms with E-state index in [-0.39, 0.29) is 62.7 Å². The van der Waals surface area contributed by atoms with Crippen LogP contribution in [0.25, 0.3) is 21.5 Å². The number of nitrogens with one attached hydrogen (secondary N) is 2. The third-order valence-electron chi connectivity index (χ3n) is 8.86. The summed E-state index contributed by atoms with van der Waals surface area (Å²) in [6.07, 6.45) is 0. The van der Waals surface area contributed by atoms with Crippen LogP contribution in [0.5, 0.6) is 5.75 Å². The van der Waals surface area contributed by atoms with E-state index in [4.69, 9.17) is 0 Å². The van der Waals surface area contributed by atoms with Crippen molar-refractivity contribution in [3.8, 4) is 5.75 Å². The van der Waals surface area contributed by atoms with Gasteiger partial charge in [0.1, 0.15) is 5.75 Å². The van der Waals surface area contributed by atoms with Gasteiger partial charge in [-0.25, -0.2) is 0 Å². The van der Waals surface area contributed by atoms with E-state index in [1.54, 1.807) is 97.9 Å². The van der Waals surface area contributed by atoms with Gasteiger partial charge in [0.05, 0.1) is 32.5 Å². The van der Waals surface area contributed by atoms with Crippen molar-refractivity contribution in [1.82, 2.24) is 0 Å². The van der Waals surface area contributed by atoms with Crippen LogP contribution in [-0.2, 0) is 20.2 Å². The molecule has 0 spiro atoms. The van der Waals surface area contributed by atoms with Gasteiger partial charge in [0.15, 0.2) is 0 Å². The summed E-state index contributed by atoms with van der Waals surface area (Å²) < 4.78 is 66.6. The molecular weight excluding hydrogens is 808 g/mol. The van der Waals surface area contributed by atoms with Crippen molar-refractivity contribution >= 4 is 117 Å². The second kappa shape index (κ2) is 17.4. The van der Waals surface area contributed by atoms with E-state index in [9.17, 15) is 40.6 Å². The van der Waals surface area contributed by atoms with Crippen LogP contribution in [0.15, 0.2) is 164 Å². The Hall–Kier alpha value is -6.18. The number of carbonyl (C=O) groups excluding carboxylic acids is 2. The molecule has 18 heteroatoms. The average molecular weight is 839 g/mol. The Kier molecular flexibility index (Phi) is 12.5. The molecule has 2 amide bonds. The van der Waals surface area contributed by atoms with Crippen molar-refractivity contribution in [2.24, 2.45) is 20.5 Å². The molecule has 0 saturated carbocycles. The van der Waals surface area contributed by atoms with Crippen LogP contribution in [0.3, 0.4) is 0 Å². The molecule has 0 aromatic heterocycles. The monoisotopic (exact) mass is 838 g/mol. The van der Waals surface area contributed by atoms with E-state index in [1.807, 2.05) is 0 Å². The summed E-state index contributed by atoms with van der Waals surface area (Å²) in [7, 11) is -9.15. The number of hydrogen-bond acceptors (Lipinski definition) is 11. The number of rotatable bonds is 10. The standard InChI is InChI=1S/C41H30N6O9S2.Na.H/c1-24-19-29(12-16-36(24)46-45-30-11-14-33-27(20-30)21-32(23-39(33)48)58(54,55)56)44-47-38-18-17-37(34-15-13-31(22-35(34)38)57(51,52)53)43-41(50)26-7-9-28(10-8-26)42-40(49)25-5-3-2-4-6-25;;/h2-23,48H,1H3,(H,42,49)(H,43,50)(H,51,52,53)(H,54,55,56);;. The van der Waals surface area contributed by atoms with Gasteiger partial charge >= 0.3 is 29.6 Å². The molecule has 0 atom stereocenters. The van der Waals surface area contributed by atoms with E-state index in [0.717, 1.165) is 6.07 Å². The molecule has 7 aromatic rings. The number of benzene rings is 7. The number of carbonyl (C=O) groups is 2. The predicted octanol–water partition coefficient (Wildman–Crippen LogP) is 9.19. The molecule has 0 aliphatic heterocycles. The second-order valence-electron chi connectivity index (χ2n) is 12.9. The van der Waals surface area contributed by atoms with Gasteiger partial charge in [-0.05, 0) is 121 Å². The number of fused-ring (bicyclic) bond motifs is 2. The number of nitrogens with zero attached hydrogens (tertiary/aromatic N) is 4. The first-order valence-corrected chi connectivity index (χ1v) is 20.0. The number of anilines is 2. The minimum atomic E-state index is -4.60. The topological polar surface area (TPSA) is 237 Å². The second-order valence-corrected chi connectivity index (χ2v) is 15.7. The van der Waals surface area contributed by atoms with Crippen molar-refractivity contribution in [2.45, 2.75) is 16.7 Å². The summed E-state index contributed by atoms with van der Waals surface area (Å²) in [5, 5.41) is 34.4. The molecule has 5 N–H and O–H groups in total. The zero-order valence-electron chi connectivity index (χ0n) is 30.1. The number of amides is 2. The first kappa shape index (κ1) is 42.4. The molecule has 0 bridgehead atoms. The SMILES string of the molecule is Cc1cc(N=Nc2ccc(NC(=O)c3ccc(NC(=O)c4ccccc4)cc3)c3ccc(S(=O)(=O)O)cc23)ccc1N=Nc1ccc2c(O)cc(S(=O)(=O)O)cc2c1.[NaH]. The van der Waals surface area contributed by atoms with Gasteiger partial charge in [0.2, 0.25) is 0 Å². The van der Waals surface area contributed by atoms with Gasteiger partial charge in [-0.15, -0.1) is 5.11 Å². The summed E-state index contributed by atoms with van der Waals surface area (Å²) in [6, 6.07) is 33.7. The van der Waals surface area contributed by atoms with Crippen LogP contribution in [0.4, 0.5) is 34.1 Å². The third-order valence-corrected chi connectivity index (χ3v) is 10.5. The van der Waals surface area contributed by atoms with Gasteiger partial charge in [-0.3, -0.25) is 18.7 Å². The Morgan fingerprint density at radius 2 is 1.14 bits per heavy atom. The van der Waals surface area contributed by atoms with Crippen LogP contribution < -0.4 is 10.6 Å². The number of aryl methyl sites for hydroxylation is 1. The molecule has 59 heavy (non-hydrogen) atoms. The maximum atomic E-state index is 13.3. The molecule has 0 radical (unpaired) electrons. The number of aromatic hydroxyl groups is 1. The number of hydrogen-bond donors (Lipinski definition) is 5. The Morgan fingerprint density at radius 1 is 0.542 bits per heavy atom. The Morgan fingerprint density at radius 3 is 1.81 bits per heavy atom. The number of phenolic OH excluding ortho intramolecular Hbond substituents is 1. The maximum absolute atomic E-state index is 13.3. The van der Waals surface area contributed by atoms with E-state index in [1.165, 1.54) is 36.4 Å². The van der Waals surface area contributed by atoms with Crippen LogP contribution in [0, 0.1) is 6.92 Å². The number of phenols is 1. The molecule has 0 aliphatic carbocycles. The Bertz CT molecular complexity index is 3070. The fraction of sp³-hybridized carbons (Fsp3) is 0.0244. The summed E-state index contributed by atoms with van der Waals surface area (Å²) in [4.78, 5) is 25.0. The summed E-state index contributed by atoms with van der Waals surface area (Å²) >= 11 is 0. The van der Waals surface area contributed by atoms with Crippen LogP contribution in [0.2, 0.25) is 0 Å².